The molecule has 0 amide bonds. The Morgan fingerprint density at radius 1 is 0.686 bits per heavy atom. The number of ketones is 1. The van der Waals surface area contributed by atoms with Crippen LogP contribution in [-0.2, 0) is 4.57 Å². The highest BCUT2D eigenvalue weighted by Gasteiger charge is 2.39. The zero-order valence-electron chi connectivity index (χ0n) is 22.1. The van der Waals surface area contributed by atoms with Crippen LogP contribution in [0, 0.1) is 13.8 Å². The number of hydrogen-bond acceptors (Lipinski definition) is 3. The van der Waals surface area contributed by atoms with Crippen LogP contribution >= 0.6 is 7.80 Å². The first kappa shape index (κ1) is 26.7. The minimum atomic E-state index is -2.47. The van der Waals surface area contributed by atoms with Crippen molar-refractivity contribution in [3.8, 4) is 0 Å². The summed E-state index contributed by atoms with van der Waals surface area (Å²) >= 11 is 0. The maximum absolute atomic E-state index is 14.2. The summed E-state index contributed by atoms with van der Waals surface area (Å²) < 4.78 is 13.6. The van der Waals surface area contributed by atoms with Gasteiger partial charge in [0.05, 0.1) is 11.1 Å². The van der Waals surface area contributed by atoms with E-state index in [-0.39, 0.29) is 17.6 Å². The summed E-state index contributed by atoms with van der Waals surface area (Å²) in [5.74, 6) is 0.455. The zero-order chi connectivity index (χ0) is 26.0. The first-order chi connectivity index (χ1) is 16.5. The van der Waals surface area contributed by atoms with Gasteiger partial charge in [-0.25, -0.2) is 4.79 Å². The molecule has 0 saturated heterocycles. The lowest BCUT2D eigenvalue weighted by molar-refractivity contribution is 0.103. The molecule has 0 fully saturated rings. The van der Waals surface area contributed by atoms with Gasteiger partial charge < -0.3 is 0 Å². The van der Waals surface area contributed by atoms with E-state index in [1.54, 1.807) is 24.3 Å². The molecule has 0 aliphatic rings. The van der Waals surface area contributed by atoms with Gasteiger partial charge in [0, 0.05) is 5.56 Å². The van der Waals surface area contributed by atoms with Crippen molar-refractivity contribution in [3.05, 3.63) is 99.1 Å². The fraction of sp³-hybridized carbons (Fsp3) is 0.355. The normalized spacial score (nSPS) is 11.9. The molecule has 3 aromatic rings. The van der Waals surface area contributed by atoms with E-state index >= 15 is 0 Å². The Balaban J connectivity index is 2.20. The highest BCUT2D eigenvalue weighted by Crippen LogP contribution is 2.36. The van der Waals surface area contributed by atoms with E-state index in [4.69, 9.17) is 0 Å². The van der Waals surface area contributed by atoms with Gasteiger partial charge in [-0.3, -0.25) is 4.79 Å². The molecule has 0 heterocycles. The predicted octanol–water partition coefficient (Wildman–Crippen LogP) is 8.20. The second-order valence-electron chi connectivity index (χ2n) is 10.3. The standard InChI is InChI=1S/C31H36O3P/c1-18(2)23-16-25(19(3)4)29(26(17-23)20(5)6)30(32)24-14-9-10-15-27(24)35(34)31(33)28-21(7)12-11-13-22(28)8/h9-20H,1-8H3/q+1. The van der Waals surface area contributed by atoms with Crippen LogP contribution in [0.15, 0.2) is 54.6 Å². The second kappa shape index (κ2) is 10.8. The van der Waals surface area contributed by atoms with Crippen molar-refractivity contribution < 1.29 is 14.2 Å². The molecule has 3 nitrogen and oxygen atoms in total. The molecule has 3 aromatic carbocycles. The molecule has 35 heavy (non-hydrogen) atoms. The van der Waals surface area contributed by atoms with Crippen molar-refractivity contribution in [2.45, 2.75) is 73.1 Å². The Labute approximate surface area is 210 Å². The Hall–Kier alpha value is -2.90. The van der Waals surface area contributed by atoms with Gasteiger partial charge in [-0.2, -0.15) is 0 Å². The topological polar surface area (TPSA) is 51.2 Å². The van der Waals surface area contributed by atoms with E-state index in [0.717, 1.165) is 22.3 Å². The lowest BCUT2D eigenvalue weighted by atomic mass is 9.81. The maximum Gasteiger partial charge on any atom is 0.459 e. The molecule has 0 bridgehead atoms. The monoisotopic (exact) mass is 487 g/mol. The Morgan fingerprint density at radius 3 is 1.69 bits per heavy atom. The van der Waals surface area contributed by atoms with Crippen LogP contribution in [-0.4, -0.2) is 11.3 Å². The van der Waals surface area contributed by atoms with Crippen molar-refractivity contribution in [3.63, 3.8) is 0 Å². The minimum absolute atomic E-state index is 0.141. The number of carbonyl (C=O) groups excluding carboxylic acids is 2. The molecule has 4 heteroatoms. The third kappa shape index (κ3) is 5.36. The fourth-order valence-electron chi connectivity index (χ4n) is 4.56. The Bertz CT molecular complexity index is 1250. The molecule has 3 rings (SSSR count). The third-order valence-corrected chi connectivity index (χ3v) is 8.03. The van der Waals surface area contributed by atoms with E-state index in [9.17, 15) is 14.2 Å². The summed E-state index contributed by atoms with van der Waals surface area (Å²) in [6.07, 6.45) is 0. The van der Waals surface area contributed by atoms with Gasteiger partial charge in [0.15, 0.2) is 5.78 Å². The largest absolute Gasteiger partial charge is 0.459 e. The summed E-state index contributed by atoms with van der Waals surface area (Å²) in [5.41, 5.74) is 5.84. The molecule has 0 radical (unpaired) electrons. The number of aryl methyl sites for hydroxylation is 2. The molecule has 0 aromatic heterocycles. The molecule has 0 aliphatic heterocycles. The SMILES string of the molecule is Cc1cccc(C)c1C(=O)[P+](=O)c1ccccc1C(=O)c1c(C(C)C)cc(C(C)C)cc1C(C)C. The van der Waals surface area contributed by atoms with Gasteiger partial charge in [0.1, 0.15) is 0 Å². The van der Waals surface area contributed by atoms with Crippen molar-refractivity contribution in [1.82, 2.24) is 0 Å². The lowest BCUT2D eigenvalue weighted by Gasteiger charge is -2.22. The average Bonchev–Trinajstić information content (AvgIpc) is 2.81. The van der Waals surface area contributed by atoms with Gasteiger partial charge in [-0.15, -0.1) is 0 Å². The van der Waals surface area contributed by atoms with Crippen LogP contribution in [0.1, 0.15) is 113 Å². The summed E-state index contributed by atoms with van der Waals surface area (Å²) in [4.78, 5) is 27.5. The molecule has 0 saturated carbocycles. The molecular weight excluding hydrogens is 451 g/mol. The quantitative estimate of drug-likeness (QED) is 0.238. The van der Waals surface area contributed by atoms with Crippen LogP contribution in [0.4, 0.5) is 0 Å². The van der Waals surface area contributed by atoms with E-state index in [1.807, 2.05) is 32.0 Å². The van der Waals surface area contributed by atoms with Crippen LogP contribution in [0.25, 0.3) is 0 Å². The van der Waals surface area contributed by atoms with E-state index < -0.39 is 13.3 Å². The van der Waals surface area contributed by atoms with Crippen molar-refractivity contribution in [1.29, 1.82) is 0 Å². The van der Waals surface area contributed by atoms with Crippen molar-refractivity contribution in [2.24, 2.45) is 0 Å². The van der Waals surface area contributed by atoms with E-state index in [1.165, 1.54) is 5.56 Å². The average molecular weight is 488 g/mol. The number of rotatable bonds is 8. The van der Waals surface area contributed by atoms with E-state index in [0.29, 0.717) is 27.9 Å². The molecule has 0 aliphatic carbocycles. The van der Waals surface area contributed by atoms with Crippen LogP contribution in [0.3, 0.4) is 0 Å². The number of carbonyl (C=O) groups is 2. The highest BCUT2D eigenvalue weighted by molar-refractivity contribution is 7.71. The van der Waals surface area contributed by atoms with Crippen molar-refractivity contribution in [2.75, 3.05) is 0 Å². The van der Waals surface area contributed by atoms with Gasteiger partial charge in [-0.05, 0) is 71.6 Å². The number of benzene rings is 3. The Morgan fingerprint density at radius 2 is 1.20 bits per heavy atom. The van der Waals surface area contributed by atoms with E-state index in [2.05, 4.69) is 53.7 Å². The molecule has 1 unspecified atom stereocenters. The van der Waals surface area contributed by atoms with Crippen LogP contribution < -0.4 is 5.30 Å². The third-order valence-electron chi connectivity index (χ3n) is 6.61. The molecule has 0 spiro atoms. The molecule has 1 atom stereocenters. The first-order valence-corrected chi connectivity index (χ1v) is 13.6. The molecular formula is C31H36O3P+. The summed E-state index contributed by atoms with van der Waals surface area (Å²) in [6.45, 7) is 16.4. The second-order valence-corrected chi connectivity index (χ2v) is 11.7. The summed E-state index contributed by atoms with van der Waals surface area (Å²) in [6, 6.07) is 16.7. The smallest absolute Gasteiger partial charge is 0.288 e. The fourth-order valence-corrected chi connectivity index (χ4v) is 5.95. The van der Waals surface area contributed by atoms with Gasteiger partial charge >= 0.3 is 13.3 Å². The van der Waals surface area contributed by atoms with Gasteiger partial charge in [-0.1, -0.05) is 88.6 Å². The highest BCUT2D eigenvalue weighted by atomic mass is 31.1. The summed E-state index contributed by atoms with van der Waals surface area (Å²) in [5, 5.41) is 0.303. The minimum Gasteiger partial charge on any atom is -0.288 e. The van der Waals surface area contributed by atoms with Crippen LogP contribution in [0.2, 0.25) is 0 Å². The maximum atomic E-state index is 14.2. The molecule has 182 valence electrons. The predicted molar refractivity (Wildman–Crippen MR) is 146 cm³/mol. The number of hydrogen-bond donors (Lipinski definition) is 0. The van der Waals surface area contributed by atoms with Gasteiger partial charge in [0.2, 0.25) is 5.30 Å². The van der Waals surface area contributed by atoms with Crippen LogP contribution in [0.5, 0.6) is 0 Å². The Kier molecular flexibility index (Phi) is 8.23. The van der Waals surface area contributed by atoms with Crippen molar-refractivity contribution >= 4 is 24.4 Å². The van der Waals surface area contributed by atoms with Gasteiger partial charge in [0.25, 0.3) is 0 Å². The zero-order valence-corrected chi connectivity index (χ0v) is 23.0. The summed E-state index contributed by atoms with van der Waals surface area (Å²) in [7, 11) is -2.47. The lowest BCUT2D eigenvalue weighted by Crippen LogP contribution is -2.20. The molecule has 0 N–H and O–H groups in total. The first-order valence-electron chi connectivity index (χ1n) is 12.3.